The van der Waals surface area contributed by atoms with Gasteiger partial charge in [-0.15, -0.1) is 0 Å². The molecule has 0 aliphatic rings. The highest BCUT2D eigenvalue weighted by atomic mass is 35.5. The Labute approximate surface area is 130 Å². The highest BCUT2D eigenvalue weighted by Crippen LogP contribution is 2.35. The second-order valence-electron chi connectivity index (χ2n) is 5.68. The molecule has 2 rings (SSSR count). The van der Waals surface area contributed by atoms with E-state index in [-0.39, 0.29) is 15.6 Å². The van der Waals surface area contributed by atoms with Crippen molar-refractivity contribution in [2.45, 2.75) is 32.4 Å². The Kier molecular flexibility index (Phi) is 4.02. The van der Waals surface area contributed by atoms with Gasteiger partial charge >= 0.3 is 6.18 Å². The predicted molar refractivity (Wildman–Crippen MR) is 77.3 cm³/mol. The molecule has 0 aliphatic carbocycles. The molecule has 0 bridgehead atoms. The van der Waals surface area contributed by atoms with E-state index in [4.69, 9.17) is 23.2 Å². The van der Waals surface area contributed by atoms with E-state index >= 15 is 0 Å². The summed E-state index contributed by atoms with van der Waals surface area (Å²) >= 11 is 11.9. The van der Waals surface area contributed by atoms with Crippen LogP contribution in [0.5, 0.6) is 0 Å². The van der Waals surface area contributed by atoms with Gasteiger partial charge in [0.05, 0.1) is 22.0 Å². The maximum atomic E-state index is 12.7. The number of hydrogen-bond acceptors (Lipinski definition) is 1. The molecule has 0 spiro atoms. The van der Waals surface area contributed by atoms with Crippen LogP contribution in [0.4, 0.5) is 13.2 Å². The van der Waals surface area contributed by atoms with E-state index in [1.165, 1.54) is 10.7 Å². The number of alkyl halides is 3. The van der Waals surface area contributed by atoms with Crippen LogP contribution in [0.1, 0.15) is 32.0 Å². The molecule has 1 aromatic carbocycles. The highest BCUT2D eigenvalue weighted by Gasteiger charge is 2.31. The van der Waals surface area contributed by atoms with Gasteiger partial charge in [0.25, 0.3) is 0 Å². The van der Waals surface area contributed by atoms with E-state index in [1.807, 2.05) is 20.8 Å². The third kappa shape index (κ3) is 3.35. The van der Waals surface area contributed by atoms with Crippen molar-refractivity contribution >= 4 is 23.2 Å². The lowest BCUT2D eigenvalue weighted by molar-refractivity contribution is -0.137. The lowest BCUT2D eigenvalue weighted by Crippen LogP contribution is -2.17. The summed E-state index contributed by atoms with van der Waals surface area (Å²) in [6, 6.07) is 4.83. The summed E-state index contributed by atoms with van der Waals surface area (Å²) in [4.78, 5) is 0. The molecule has 114 valence electrons. The zero-order chi connectivity index (χ0) is 16.0. The average molecular weight is 337 g/mol. The second-order valence-corrected chi connectivity index (χ2v) is 6.47. The first-order chi connectivity index (χ1) is 9.50. The topological polar surface area (TPSA) is 17.8 Å². The SMILES string of the molecule is CC(C)(C)c1cc(Cl)nn1-c1ccc(C(F)(F)F)cc1Cl. The van der Waals surface area contributed by atoms with Gasteiger partial charge in [0.2, 0.25) is 0 Å². The zero-order valence-electron chi connectivity index (χ0n) is 11.6. The van der Waals surface area contributed by atoms with Crippen LogP contribution >= 0.6 is 23.2 Å². The number of hydrogen-bond donors (Lipinski definition) is 0. The van der Waals surface area contributed by atoms with Crippen molar-refractivity contribution in [2.24, 2.45) is 0 Å². The number of halogens is 5. The minimum absolute atomic E-state index is 0.0323. The number of aromatic nitrogens is 2. The molecule has 0 amide bonds. The molecule has 1 heterocycles. The minimum atomic E-state index is -4.43. The van der Waals surface area contributed by atoms with E-state index in [0.29, 0.717) is 5.69 Å². The summed E-state index contributed by atoms with van der Waals surface area (Å²) in [5.74, 6) is 0. The summed E-state index contributed by atoms with van der Waals surface area (Å²) in [5, 5.41) is 4.34. The standard InChI is InChI=1S/C14H13Cl2F3N2/c1-13(2,3)11-7-12(16)20-21(11)10-5-4-8(6-9(10)15)14(17,18)19/h4-7H,1-3H3. The Morgan fingerprint density at radius 3 is 2.14 bits per heavy atom. The second kappa shape index (κ2) is 5.21. The lowest BCUT2D eigenvalue weighted by Gasteiger charge is -2.21. The van der Waals surface area contributed by atoms with Crippen LogP contribution in [0.25, 0.3) is 5.69 Å². The molecule has 0 radical (unpaired) electrons. The molecular formula is C14H13Cl2F3N2. The minimum Gasteiger partial charge on any atom is -0.234 e. The molecule has 21 heavy (non-hydrogen) atoms. The Bertz CT molecular complexity index is 670. The zero-order valence-corrected chi connectivity index (χ0v) is 13.1. The van der Waals surface area contributed by atoms with E-state index in [1.54, 1.807) is 6.07 Å². The van der Waals surface area contributed by atoms with Crippen LogP contribution in [-0.2, 0) is 11.6 Å². The Balaban J connectivity index is 2.59. The third-order valence-electron chi connectivity index (χ3n) is 2.95. The van der Waals surface area contributed by atoms with Crippen LogP contribution in [-0.4, -0.2) is 9.78 Å². The van der Waals surface area contributed by atoms with Crippen LogP contribution in [0.3, 0.4) is 0 Å². The van der Waals surface area contributed by atoms with Crippen molar-refractivity contribution in [2.75, 3.05) is 0 Å². The molecular weight excluding hydrogens is 324 g/mol. The molecule has 0 unspecified atom stereocenters. The molecule has 0 saturated heterocycles. The maximum absolute atomic E-state index is 12.7. The van der Waals surface area contributed by atoms with Gasteiger partial charge < -0.3 is 0 Å². The Hall–Kier alpha value is -1.20. The number of nitrogens with zero attached hydrogens (tertiary/aromatic N) is 2. The van der Waals surface area contributed by atoms with Crippen molar-refractivity contribution in [1.82, 2.24) is 9.78 Å². The highest BCUT2D eigenvalue weighted by molar-refractivity contribution is 6.32. The Morgan fingerprint density at radius 2 is 1.67 bits per heavy atom. The average Bonchev–Trinajstić information content (AvgIpc) is 2.69. The predicted octanol–water partition coefficient (Wildman–Crippen LogP) is 5.50. The fourth-order valence-corrected chi connectivity index (χ4v) is 2.36. The first kappa shape index (κ1) is 16.2. The molecule has 0 fully saturated rings. The maximum Gasteiger partial charge on any atom is 0.416 e. The van der Waals surface area contributed by atoms with Crippen molar-refractivity contribution in [1.29, 1.82) is 0 Å². The molecule has 0 aliphatic heterocycles. The van der Waals surface area contributed by atoms with Crippen LogP contribution in [0.2, 0.25) is 10.2 Å². The molecule has 7 heteroatoms. The van der Waals surface area contributed by atoms with Gasteiger partial charge in [-0.3, -0.25) is 0 Å². The lowest BCUT2D eigenvalue weighted by atomic mass is 9.92. The van der Waals surface area contributed by atoms with Gasteiger partial charge in [-0.05, 0) is 24.3 Å². The number of rotatable bonds is 1. The molecule has 2 aromatic rings. The third-order valence-corrected chi connectivity index (χ3v) is 3.44. The first-order valence-electron chi connectivity index (χ1n) is 6.13. The fourth-order valence-electron chi connectivity index (χ4n) is 1.93. The van der Waals surface area contributed by atoms with Gasteiger partial charge in [-0.25, -0.2) is 4.68 Å². The van der Waals surface area contributed by atoms with Crippen molar-refractivity contribution in [3.63, 3.8) is 0 Å². The largest absolute Gasteiger partial charge is 0.416 e. The van der Waals surface area contributed by atoms with Crippen LogP contribution in [0.15, 0.2) is 24.3 Å². The quantitative estimate of drug-likeness (QED) is 0.672. The molecule has 2 nitrogen and oxygen atoms in total. The van der Waals surface area contributed by atoms with Crippen LogP contribution < -0.4 is 0 Å². The van der Waals surface area contributed by atoms with Gasteiger partial charge in [-0.1, -0.05) is 44.0 Å². The first-order valence-corrected chi connectivity index (χ1v) is 6.89. The van der Waals surface area contributed by atoms with Gasteiger partial charge in [0.1, 0.15) is 0 Å². The normalized spacial score (nSPS) is 12.8. The molecule has 1 aromatic heterocycles. The summed E-state index contributed by atoms with van der Waals surface area (Å²) in [5.41, 5.74) is 0.0362. The van der Waals surface area contributed by atoms with E-state index < -0.39 is 11.7 Å². The summed E-state index contributed by atoms with van der Waals surface area (Å²) < 4.78 is 39.5. The summed E-state index contributed by atoms with van der Waals surface area (Å²) in [6.07, 6.45) is -4.43. The van der Waals surface area contributed by atoms with Gasteiger partial charge in [-0.2, -0.15) is 18.3 Å². The fraction of sp³-hybridized carbons (Fsp3) is 0.357. The van der Waals surface area contributed by atoms with Crippen molar-refractivity contribution < 1.29 is 13.2 Å². The molecule has 0 saturated carbocycles. The monoisotopic (exact) mass is 336 g/mol. The Morgan fingerprint density at radius 1 is 1.05 bits per heavy atom. The van der Waals surface area contributed by atoms with E-state index in [0.717, 1.165) is 17.8 Å². The van der Waals surface area contributed by atoms with Crippen molar-refractivity contribution in [3.05, 3.63) is 45.7 Å². The van der Waals surface area contributed by atoms with E-state index in [2.05, 4.69) is 5.10 Å². The number of benzene rings is 1. The smallest absolute Gasteiger partial charge is 0.234 e. The van der Waals surface area contributed by atoms with Crippen molar-refractivity contribution in [3.8, 4) is 5.69 Å². The van der Waals surface area contributed by atoms with Crippen LogP contribution in [0, 0.1) is 0 Å². The summed E-state index contributed by atoms with van der Waals surface area (Å²) in [6.45, 7) is 5.86. The van der Waals surface area contributed by atoms with E-state index in [9.17, 15) is 13.2 Å². The molecule has 0 N–H and O–H groups in total. The van der Waals surface area contributed by atoms with Gasteiger partial charge in [0, 0.05) is 5.41 Å². The molecule has 0 atom stereocenters. The van der Waals surface area contributed by atoms with Gasteiger partial charge in [0.15, 0.2) is 5.15 Å². The summed E-state index contributed by atoms with van der Waals surface area (Å²) in [7, 11) is 0.